The molecule has 1 aromatic carbocycles. The van der Waals surface area contributed by atoms with E-state index in [1.807, 2.05) is 12.1 Å². The topological polar surface area (TPSA) is 69.6 Å². The Kier molecular flexibility index (Phi) is 4.74. The number of halogens is 2. The Bertz CT molecular complexity index is 733. The van der Waals surface area contributed by atoms with Crippen LogP contribution in [0.15, 0.2) is 29.5 Å². The highest BCUT2D eigenvalue weighted by atomic mass is 35.5. The third-order valence-electron chi connectivity index (χ3n) is 4.69. The maximum atomic E-state index is 12.3. The van der Waals surface area contributed by atoms with Crippen LogP contribution in [-0.2, 0) is 9.59 Å². The molecule has 5 nitrogen and oxygen atoms in total. The summed E-state index contributed by atoms with van der Waals surface area (Å²) in [5.74, 6) is -1.03. The molecule has 1 aliphatic carbocycles. The molecule has 1 unspecified atom stereocenters. The smallest absolute Gasteiger partial charge is 0.289 e. The molecular weight excluding hydrogens is 351 g/mol. The summed E-state index contributed by atoms with van der Waals surface area (Å²) in [6.07, 6.45) is 2.57. The molecule has 1 saturated carbocycles. The second-order valence-electron chi connectivity index (χ2n) is 6.34. The predicted molar refractivity (Wildman–Crippen MR) is 92.3 cm³/mol. The third-order valence-corrected chi connectivity index (χ3v) is 5.43. The third kappa shape index (κ3) is 3.23. The Morgan fingerprint density at radius 1 is 1.29 bits per heavy atom. The highest BCUT2D eigenvalue weighted by Gasteiger charge is 2.34. The fraction of sp³-hybridized carbons (Fsp3) is 0.412. The first-order chi connectivity index (χ1) is 11.4. The van der Waals surface area contributed by atoms with Gasteiger partial charge in [-0.2, -0.15) is 0 Å². The van der Waals surface area contributed by atoms with Crippen LogP contribution in [-0.4, -0.2) is 41.5 Å². The maximum absolute atomic E-state index is 12.3. The molecule has 1 fully saturated rings. The summed E-state index contributed by atoms with van der Waals surface area (Å²) in [4.78, 5) is 25.2. The van der Waals surface area contributed by atoms with E-state index in [1.165, 1.54) is 4.90 Å². The molecule has 0 bridgehead atoms. The number of amides is 2. The van der Waals surface area contributed by atoms with Crippen molar-refractivity contribution in [3.63, 3.8) is 0 Å². The van der Waals surface area contributed by atoms with Crippen molar-refractivity contribution >= 4 is 35.0 Å². The van der Waals surface area contributed by atoms with E-state index < -0.39 is 11.7 Å². The number of likely N-dealkylation sites (N-methyl/N-ethyl adjacent to an activating group) is 1. The molecule has 0 saturated heterocycles. The molecule has 2 atom stereocenters. The number of hydrogen-bond acceptors (Lipinski definition) is 3. The Morgan fingerprint density at radius 3 is 2.67 bits per heavy atom. The van der Waals surface area contributed by atoms with E-state index in [4.69, 9.17) is 23.2 Å². The zero-order valence-electron chi connectivity index (χ0n) is 13.2. The Hall–Kier alpha value is -1.72. The molecule has 24 heavy (non-hydrogen) atoms. The van der Waals surface area contributed by atoms with Gasteiger partial charge in [0.25, 0.3) is 11.8 Å². The lowest BCUT2D eigenvalue weighted by atomic mass is 9.97. The summed E-state index contributed by atoms with van der Waals surface area (Å²) in [5.41, 5.74) is 1.25. The molecule has 1 aliphatic heterocycles. The molecule has 0 radical (unpaired) electrons. The molecular formula is C17H18Cl2N2O3. The highest BCUT2D eigenvalue weighted by molar-refractivity contribution is 6.42. The summed E-state index contributed by atoms with van der Waals surface area (Å²) >= 11 is 12.0. The van der Waals surface area contributed by atoms with Gasteiger partial charge in [0.05, 0.1) is 22.2 Å². The summed E-state index contributed by atoms with van der Waals surface area (Å²) < 4.78 is 0. The van der Waals surface area contributed by atoms with Crippen molar-refractivity contribution in [2.45, 2.75) is 31.2 Å². The van der Waals surface area contributed by atoms with Crippen molar-refractivity contribution in [2.75, 3.05) is 13.6 Å². The lowest BCUT2D eigenvalue weighted by Crippen LogP contribution is -2.35. The second kappa shape index (κ2) is 6.65. The number of nitrogens with zero attached hydrogens (tertiary/aromatic N) is 1. The molecule has 1 heterocycles. The van der Waals surface area contributed by atoms with Crippen LogP contribution in [0.3, 0.4) is 0 Å². The minimum Gasteiger partial charge on any atom is -0.503 e. The van der Waals surface area contributed by atoms with Crippen molar-refractivity contribution < 1.29 is 14.7 Å². The van der Waals surface area contributed by atoms with Crippen LogP contribution in [0, 0.1) is 0 Å². The minimum absolute atomic E-state index is 0.0123. The lowest BCUT2D eigenvalue weighted by Gasteiger charge is -2.15. The second-order valence-corrected chi connectivity index (χ2v) is 7.16. The van der Waals surface area contributed by atoms with Crippen molar-refractivity contribution in [3.8, 4) is 0 Å². The zero-order chi connectivity index (χ0) is 17.4. The molecule has 7 heteroatoms. The van der Waals surface area contributed by atoms with Crippen LogP contribution in [0.5, 0.6) is 0 Å². The van der Waals surface area contributed by atoms with Gasteiger partial charge in [0, 0.05) is 13.1 Å². The Morgan fingerprint density at radius 2 is 2.04 bits per heavy atom. The number of hydrogen-bond donors (Lipinski definition) is 2. The van der Waals surface area contributed by atoms with Gasteiger partial charge in [0.2, 0.25) is 0 Å². The number of carbonyl (C=O) groups excluding carboxylic acids is 2. The van der Waals surface area contributed by atoms with Gasteiger partial charge >= 0.3 is 0 Å². The SMILES string of the molecule is CN1CC(C(=O)NC2CC[C@H](c3ccc(Cl)c(Cl)c3)C2)=C(O)C1=O. The zero-order valence-corrected chi connectivity index (χ0v) is 14.7. The van der Waals surface area contributed by atoms with E-state index in [9.17, 15) is 14.7 Å². The maximum Gasteiger partial charge on any atom is 0.289 e. The number of rotatable bonds is 3. The van der Waals surface area contributed by atoms with Crippen LogP contribution < -0.4 is 5.32 Å². The van der Waals surface area contributed by atoms with Crippen LogP contribution in [0.25, 0.3) is 0 Å². The molecule has 128 valence electrons. The van der Waals surface area contributed by atoms with Crippen molar-refractivity contribution in [3.05, 3.63) is 45.1 Å². The fourth-order valence-corrected chi connectivity index (χ4v) is 3.63. The monoisotopic (exact) mass is 368 g/mol. The van der Waals surface area contributed by atoms with Crippen molar-refractivity contribution in [2.24, 2.45) is 0 Å². The van der Waals surface area contributed by atoms with Gasteiger partial charge in [-0.25, -0.2) is 0 Å². The lowest BCUT2D eigenvalue weighted by molar-refractivity contribution is -0.126. The Balaban J connectivity index is 1.63. The quantitative estimate of drug-likeness (QED) is 0.861. The highest BCUT2D eigenvalue weighted by Crippen LogP contribution is 2.37. The average molecular weight is 369 g/mol. The standard InChI is InChI=1S/C17H18Cl2N2O3/c1-21-8-12(15(22)17(21)24)16(23)20-11-4-2-9(6-11)10-3-5-13(18)14(19)7-10/h3,5,7,9,11,22H,2,4,6,8H2,1H3,(H,20,23)/t9-,11?/m0/s1. The summed E-state index contributed by atoms with van der Waals surface area (Å²) in [6.45, 7) is 0.138. The van der Waals surface area contributed by atoms with Gasteiger partial charge in [-0.15, -0.1) is 0 Å². The largest absolute Gasteiger partial charge is 0.503 e. The number of aliphatic hydroxyl groups excluding tert-OH is 1. The summed E-state index contributed by atoms with van der Waals surface area (Å²) in [7, 11) is 1.55. The first-order valence-electron chi connectivity index (χ1n) is 7.80. The number of nitrogens with one attached hydrogen (secondary N) is 1. The summed E-state index contributed by atoms with van der Waals surface area (Å²) in [6, 6.07) is 5.63. The number of aliphatic hydroxyl groups is 1. The minimum atomic E-state index is -0.514. The van der Waals surface area contributed by atoms with Crippen molar-refractivity contribution in [1.29, 1.82) is 0 Å². The molecule has 1 aromatic rings. The van der Waals surface area contributed by atoms with Crippen LogP contribution in [0.4, 0.5) is 0 Å². The average Bonchev–Trinajstić information content (AvgIpc) is 3.10. The van der Waals surface area contributed by atoms with E-state index in [2.05, 4.69) is 5.32 Å². The van der Waals surface area contributed by atoms with Gasteiger partial charge in [-0.1, -0.05) is 29.3 Å². The van der Waals surface area contributed by atoms with E-state index in [1.54, 1.807) is 13.1 Å². The van der Waals surface area contributed by atoms with Crippen LogP contribution in [0.2, 0.25) is 10.0 Å². The number of benzene rings is 1. The molecule has 2 amide bonds. The van der Waals surface area contributed by atoms with E-state index in [-0.39, 0.29) is 24.1 Å². The van der Waals surface area contributed by atoms with Gasteiger partial charge in [0.15, 0.2) is 5.76 Å². The first-order valence-corrected chi connectivity index (χ1v) is 8.55. The van der Waals surface area contributed by atoms with E-state index in [0.29, 0.717) is 16.0 Å². The summed E-state index contributed by atoms with van der Waals surface area (Å²) in [5, 5.41) is 13.7. The molecule has 2 N–H and O–H groups in total. The molecule has 0 aromatic heterocycles. The van der Waals surface area contributed by atoms with Gasteiger partial charge in [-0.3, -0.25) is 9.59 Å². The molecule has 2 aliphatic rings. The molecule has 3 rings (SSSR count). The molecule has 0 spiro atoms. The van der Waals surface area contributed by atoms with Gasteiger partial charge in [0.1, 0.15) is 0 Å². The van der Waals surface area contributed by atoms with Gasteiger partial charge < -0.3 is 15.3 Å². The first kappa shape index (κ1) is 17.1. The fourth-order valence-electron chi connectivity index (χ4n) is 3.33. The van der Waals surface area contributed by atoms with Gasteiger partial charge in [-0.05, 0) is 42.9 Å². The Labute approximate surface area is 150 Å². The van der Waals surface area contributed by atoms with E-state index in [0.717, 1.165) is 24.8 Å². The van der Waals surface area contributed by atoms with Crippen molar-refractivity contribution in [1.82, 2.24) is 10.2 Å². The predicted octanol–water partition coefficient (Wildman–Crippen LogP) is 3.03. The number of carbonyl (C=O) groups is 2. The van der Waals surface area contributed by atoms with Crippen LogP contribution >= 0.6 is 23.2 Å². The normalized spacial score (nSPS) is 24.0. The van der Waals surface area contributed by atoms with Crippen LogP contribution in [0.1, 0.15) is 30.7 Å². The van der Waals surface area contributed by atoms with E-state index >= 15 is 0 Å².